The molecule has 104 valence electrons. The van der Waals surface area contributed by atoms with Crippen LogP contribution in [0, 0.1) is 5.92 Å². The monoisotopic (exact) mass is 355 g/mol. The molecular weight excluding hydrogens is 325 g/mol. The third kappa shape index (κ3) is 10.9. The van der Waals surface area contributed by atoms with Gasteiger partial charge in [0.1, 0.15) is 0 Å². The van der Waals surface area contributed by atoms with Gasteiger partial charge in [-0.2, -0.15) is 0 Å². The van der Waals surface area contributed by atoms with Crippen LogP contribution in [0.15, 0.2) is 4.99 Å². The lowest BCUT2D eigenvalue weighted by Gasteiger charge is -2.21. The van der Waals surface area contributed by atoms with Gasteiger partial charge in [0.15, 0.2) is 5.96 Å². The van der Waals surface area contributed by atoms with Crippen LogP contribution in [-0.4, -0.2) is 37.5 Å². The van der Waals surface area contributed by atoms with Crippen LogP contribution in [0.4, 0.5) is 0 Å². The van der Waals surface area contributed by atoms with Crippen molar-refractivity contribution in [3.05, 3.63) is 0 Å². The first kappa shape index (κ1) is 19.3. The van der Waals surface area contributed by atoms with Crippen molar-refractivity contribution in [1.82, 2.24) is 10.2 Å². The first-order valence-electron chi connectivity index (χ1n) is 6.61. The average Bonchev–Trinajstić information content (AvgIpc) is 2.24. The van der Waals surface area contributed by atoms with Gasteiger partial charge in [-0.05, 0) is 25.7 Å². The van der Waals surface area contributed by atoms with E-state index < -0.39 is 0 Å². The molecule has 0 spiro atoms. The maximum Gasteiger partial charge on any atom is 0.193 e. The minimum absolute atomic E-state index is 0. The van der Waals surface area contributed by atoms with Crippen molar-refractivity contribution >= 4 is 29.9 Å². The minimum atomic E-state index is 0. The fourth-order valence-electron chi connectivity index (χ4n) is 1.40. The molecule has 0 unspecified atom stereocenters. The number of aliphatic imine (C=N–C) groups is 1. The highest BCUT2D eigenvalue weighted by atomic mass is 127. The van der Waals surface area contributed by atoms with E-state index in [4.69, 9.17) is 0 Å². The summed E-state index contributed by atoms with van der Waals surface area (Å²) in [5.41, 5.74) is 0. The molecule has 0 bridgehead atoms. The molecule has 0 amide bonds. The van der Waals surface area contributed by atoms with Crippen molar-refractivity contribution in [2.45, 2.75) is 47.0 Å². The van der Waals surface area contributed by atoms with Crippen LogP contribution in [-0.2, 0) is 0 Å². The zero-order valence-corrected chi connectivity index (χ0v) is 14.5. The molecule has 0 aromatic carbocycles. The standard InChI is InChI=1S/C13H29N3.HI/c1-6-8-11-16(5)13(14-7-2)15-10-9-12(3)4;/h12H,6-11H2,1-5H3,(H,14,15);1H. The van der Waals surface area contributed by atoms with Crippen molar-refractivity contribution in [3.63, 3.8) is 0 Å². The molecular formula is C13H30IN3. The summed E-state index contributed by atoms with van der Waals surface area (Å²) in [4.78, 5) is 6.87. The quantitative estimate of drug-likeness (QED) is 0.431. The number of unbranched alkanes of at least 4 members (excludes halogenated alkanes) is 1. The van der Waals surface area contributed by atoms with Gasteiger partial charge < -0.3 is 10.2 Å². The number of hydrogen-bond acceptors (Lipinski definition) is 1. The highest BCUT2D eigenvalue weighted by Gasteiger charge is 2.04. The molecule has 17 heavy (non-hydrogen) atoms. The Balaban J connectivity index is 0. The fourth-order valence-corrected chi connectivity index (χ4v) is 1.40. The summed E-state index contributed by atoms with van der Waals surface area (Å²) in [5.74, 6) is 1.78. The lowest BCUT2D eigenvalue weighted by molar-refractivity contribution is 0.463. The Bertz CT molecular complexity index is 193. The third-order valence-electron chi connectivity index (χ3n) is 2.51. The second kappa shape index (κ2) is 12.5. The van der Waals surface area contributed by atoms with Gasteiger partial charge in [-0.1, -0.05) is 27.2 Å². The van der Waals surface area contributed by atoms with E-state index in [1.807, 2.05) is 0 Å². The summed E-state index contributed by atoms with van der Waals surface area (Å²) in [7, 11) is 2.12. The molecule has 0 rings (SSSR count). The minimum Gasteiger partial charge on any atom is -0.357 e. The van der Waals surface area contributed by atoms with E-state index in [0.29, 0.717) is 0 Å². The van der Waals surface area contributed by atoms with E-state index in [9.17, 15) is 0 Å². The third-order valence-corrected chi connectivity index (χ3v) is 2.51. The maximum absolute atomic E-state index is 4.64. The summed E-state index contributed by atoms with van der Waals surface area (Å²) in [6, 6.07) is 0. The Morgan fingerprint density at radius 1 is 1.29 bits per heavy atom. The zero-order valence-electron chi connectivity index (χ0n) is 12.1. The molecule has 4 heteroatoms. The van der Waals surface area contributed by atoms with E-state index in [1.54, 1.807) is 0 Å². The first-order chi connectivity index (χ1) is 7.61. The molecule has 0 saturated heterocycles. The molecule has 0 aliphatic heterocycles. The van der Waals surface area contributed by atoms with E-state index in [-0.39, 0.29) is 24.0 Å². The zero-order chi connectivity index (χ0) is 12.4. The van der Waals surface area contributed by atoms with Gasteiger partial charge in [-0.25, -0.2) is 0 Å². The molecule has 0 saturated carbocycles. The van der Waals surface area contributed by atoms with Crippen LogP contribution in [0.2, 0.25) is 0 Å². The van der Waals surface area contributed by atoms with Gasteiger partial charge in [-0.15, -0.1) is 24.0 Å². The molecule has 0 fully saturated rings. The predicted octanol–water partition coefficient (Wildman–Crippen LogP) is 3.35. The van der Waals surface area contributed by atoms with Crippen molar-refractivity contribution in [2.75, 3.05) is 26.7 Å². The van der Waals surface area contributed by atoms with Gasteiger partial charge in [0, 0.05) is 26.7 Å². The number of nitrogens with one attached hydrogen (secondary N) is 1. The van der Waals surface area contributed by atoms with Crippen molar-refractivity contribution in [2.24, 2.45) is 10.9 Å². The fraction of sp³-hybridized carbons (Fsp3) is 0.923. The number of guanidine groups is 1. The Morgan fingerprint density at radius 2 is 1.94 bits per heavy atom. The Kier molecular flexibility index (Phi) is 14.2. The lowest BCUT2D eigenvalue weighted by Crippen LogP contribution is -2.39. The van der Waals surface area contributed by atoms with Crippen molar-refractivity contribution in [3.8, 4) is 0 Å². The lowest BCUT2D eigenvalue weighted by atomic mass is 10.1. The highest BCUT2D eigenvalue weighted by Crippen LogP contribution is 2.00. The molecule has 0 aromatic rings. The van der Waals surface area contributed by atoms with E-state index >= 15 is 0 Å². The predicted molar refractivity (Wildman–Crippen MR) is 88.4 cm³/mol. The Morgan fingerprint density at radius 3 is 2.41 bits per heavy atom. The van der Waals surface area contributed by atoms with Gasteiger partial charge in [-0.3, -0.25) is 4.99 Å². The highest BCUT2D eigenvalue weighted by molar-refractivity contribution is 14.0. The number of hydrogen-bond donors (Lipinski definition) is 1. The second-order valence-corrected chi connectivity index (χ2v) is 4.69. The van der Waals surface area contributed by atoms with E-state index in [0.717, 1.165) is 37.9 Å². The molecule has 0 heterocycles. The summed E-state index contributed by atoms with van der Waals surface area (Å²) < 4.78 is 0. The van der Waals surface area contributed by atoms with Crippen LogP contribution < -0.4 is 5.32 Å². The molecule has 0 aliphatic rings. The molecule has 0 aromatic heterocycles. The normalized spacial score (nSPS) is 11.3. The Labute approximate surface area is 124 Å². The molecule has 0 atom stereocenters. The molecule has 0 aliphatic carbocycles. The summed E-state index contributed by atoms with van der Waals surface area (Å²) in [6.07, 6.45) is 3.62. The molecule has 0 radical (unpaired) electrons. The number of nitrogens with zero attached hydrogens (tertiary/aromatic N) is 2. The van der Waals surface area contributed by atoms with Crippen LogP contribution in [0.5, 0.6) is 0 Å². The van der Waals surface area contributed by atoms with Gasteiger partial charge in [0.05, 0.1) is 0 Å². The number of rotatable bonds is 7. The Hall–Kier alpha value is 0. The SMILES string of the molecule is CCCCN(C)C(=NCCC(C)C)NCC.I. The average molecular weight is 355 g/mol. The first-order valence-corrected chi connectivity index (χ1v) is 6.61. The van der Waals surface area contributed by atoms with Crippen molar-refractivity contribution in [1.29, 1.82) is 0 Å². The smallest absolute Gasteiger partial charge is 0.193 e. The largest absolute Gasteiger partial charge is 0.357 e. The summed E-state index contributed by atoms with van der Waals surface area (Å²) in [5, 5.41) is 3.34. The van der Waals surface area contributed by atoms with Gasteiger partial charge in [0.25, 0.3) is 0 Å². The maximum atomic E-state index is 4.64. The summed E-state index contributed by atoms with van der Waals surface area (Å²) >= 11 is 0. The number of halogens is 1. The van der Waals surface area contributed by atoms with E-state index in [2.05, 4.69) is 50.0 Å². The van der Waals surface area contributed by atoms with Crippen molar-refractivity contribution < 1.29 is 0 Å². The topological polar surface area (TPSA) is 27.6 Å². The van der Waals surface area contributed by atoms with Crippen LogP contribution in [0.1, 0.15) is 47.0 Å². The van der Waals surface area contributed by atoms with Crippen LogP contribution >= 0.6 is 24.0 Å². The van der Waals surface area contributed by atoms with Gasteiger partial charge >= 0.3 is 0 Å². The molecule has 3 nitrogen and oxygen atoms in total. The van der Waals surface area contributed by atoms with E-state index in [1.165, 1.54) is 12.8 Å². The van der Waals surface area contributed by atoms with Crippen LogP contribution in [0.3, 0.4) is 0 Å². The second-order valence-electron chi connectivity index (χ2n) is 4.69. The van der Waals surface area contributed by atoms with Crippen LogP contribution in [0.25, 0.3) is 0 Å². The van der Waals surface area contributed by atoms with Gasteiger partial charge in [0.2, 0.25) is 0 Å². The summed E-state index contributed by atoms with van der Waals surface area (Å²) in [6.45, 7) is 11.8. The molecule has 1 N–H and O–H groups in total.